The molecule has 0 fully saturated rings. The molecule has 0 atom stereocenters. The molecule has 24 heavy (non-hydrogen) atoms. The molecule has 0 aliphatic carbocycles. The molecule has 128 valence electrons. The molecule has 0 saturated heterocycles. The second-order valence-corrected chi connectivity index (χ2v) is 7.09. The summed E-state index contributed by atoms with van der Waals surface area (Å²) in [7, 11) is 0. The van der Waals surface area contributed by atoms with Crippen molar-refractivity contribution in [2.75, 3.05) is 17.2 Å². The highest BCUT2D eigenvalue weighted by Gasteiger charge is 2.12. The number of halogens is 2. The van der Waals surface area contributed by atoms with Gasteiger partial charge in [-0.2, -0.15) is 0 Å². The van der Waals surface area contributed by atoms with Gasteiger partial charge in [0.2, 0.25) is 5.91 Å². The highest BCUT2D eigenvalue weighted by atomic mass is 35.5. The van der Waals surface area contributed by atoms with E-state index in [1.807, 2.05) is 12.1 Å². The van der Waals surface area contributed by atoms with Crippen molar-refractivity contribution >= 4 is 28.9 Å². The van der Waals surface area contributed by atoms with Gasteiger partial charge >= 0.3 is 0 Å². The molecular formula is C19H22ClFN2O. The van der Waals surface area contributed by atoms with Gasteiger partial charge in [-0.25, -0.2) is 4.39 Å². The van der Waals surface area contributed by atoms with Crippen molar-refractivity contribution in [3.05, 3.63) is 58.9 Å². The lowest BCUT2D eigenvalue weighted by Gasteiger charge is -2.19. The minimum Gasteiger partial charge on any atom is -0.385 e. The molecular weight excluding hydrogens is 327 g/mol. The summed E-state index contributed by atoms with van der Waals surface area (Å²) in [4.78, 5) is 11.9. The molecule has 3 nitrogen and oxygen atoms in total. The maximum Gasteiger partial charge on any atom is 0.226 e. The molecule has 2 aromatic rings. The number of anilines is 2. The number of rotatable bonds is 5. The second-order valence-electron chi connectivity index (χ2n) is 6.68. The predicted octanol–water partition coefficient (Wildman–Crippen LogP) is 5.22. The normalized spacial score (nSPS) is 11.2. The van der Waals surface area contributed by atoms with E-state index in [-0.39, 0.29) is 16.3 Å². The summed E-state index contributed by atoms with van der Waals surface area (Å²) in [6.07, 6.45) is 0.302. The number of carbonyl (C=O) groups excluding carboxylic acids is 1. The van der Waals surface area contributed by atoms with E-state index in [0.29, 0.717) is 18.7 Å². The zero-order valence-electron chi connectivity index (χ0n) is 14.1. The second kappa shape index (κ2) is 7.67. The minimum atomic E-state index is -0.505. The third-order valence-corrected chi connectivity index (χ3v) is 3.93. The maximum absolute atomic E-state index is 13.1. The average molecular weight is 349 g/mol. The van der Waals surface area contributed by atoms with Gasteiger partial charge < -0.3 is 10.6 Å². The van der Waals surface area contributed by atoms with Crippen molar-refractivity contribution in [1.29, 1.82) is 0 Å². The van der Waals surface area contributed by atoms with Crippen LogP contribution in [0, 0.1) is 5.82 Å². The van der Waals surface area contributed by atoms with E-state index in [0.717, 1.165) is 5.69 Å². The van der Waals surface area contributed by atoms with Crippen LogP contribution in [0.4, 0.5) is 15.8 Å². The Morgan fingerprint density at radius 3 is 2.29 bits per heavy atom. The summed E-state index contributed by atoms with van der Waals surface area (Å²) >= 11 is 5.69. The van der Waals surface area contributed by atoms with E-state index in [4.69, 9.17) is 11.6 Å². The summed E-state index contributed by atoms with van der Waals surface area (Å²) in [5.74, 6) is -0.661. The fourth-order valence-corrected chi connectivity index (χ4v) is 2.39. The first-order valence-corrected chi connectivity index (χ1v) is 8.23. The summed E-state index contributed by atoms with van der Waals surface area (Å²) in [5.41, 5.74) is 2.84. The van der Waals surface area contributed by atoms with E-state index in [2.05, 4.69) is 43.5 Å². The first-order chi connectivity index (χ1) is 11.3. The molecule has 0 heterocycles. The molecule has 1 amide bonds. The van der Waals surface area contributed by atoms with Crippen LogP contribution < -0.4 is 10.6 Å². The Morgan fingerprint density at radius 1 is 1.08 bits per heavy atom. The molecule has 0 radical (unpaired) electrons. The van der Waals surface area contributed by atoms with Crippen molar-refractivity contribution in [2.24, 2.45) is 0 Å². The van der Waals surface area contributed by atoms with Gasteiger partial charge in [0.05, 0.1) is 5.02 Å². The van der Waals surface area contributed by atoms with E-state index in [1.165, 1.54) is 23.8 Å². The Bertz CT molecular complexity index is 708. The Labute approximate surface area is 147 Å². The van der Waals surface area contributed by atoms with E-state index < -0.39 is 5.82 Å². The number of benzene rings is 2. The topological polar surface area (TPSA) is 41.1 Å². The van der Waals surface area contributed by atoms with Gasteiger partial charge in [0.25, 0.3) is 0 Å². The number of hydrogen-bond donors (Lipinski definition) is 2. The van der Waals surface area contributed by atoms with Gasteiger partial charge in [-0.05, 0) is 41.3 Å². The van der Waals surface area contributed by atoms with Crippen LogP contribution in [0.1, 0.15) is 32.8 Å². The lowest BCUT2D eigenvalue weighted by atomic mass is 9.87. The minimum absolute atomic E-state index is 0.00939. The molecule has 2 rings (SSSR count). The maximum atomic E-state index is 13.1. The Balaban J connectivity index is 1.81. The summed E-state index contributed by atoms with van der Waals surface area (Å²) in [6.45, 7) is 7.01. The molecule has 0 bridgehead atoms. The summed E-state index contributed by atoms with van der Waals surface area (Å²) < 4.78 is 13.1. The number of hydrogen-bond acceptors (Lipinski definition) is 2. The smallest absolute Gasteiger partial charge is 0.226 e. The van der Waals surface area contributed by atoms with Crippen molar-refractivity contribution < 1.29 is 9.18 Å². The third-order valence-electron chi connectivity index (χ3n) is 3.64. The highest BCUT2D eigenvalue weighted by Crippen LogP contribution is 2.23. The Morgan fingerprint density at radius 2 is 1.71 bits per heavy atom. The number of amides is 1. The average Bonchev–Trinajstić information content (AvgIpc) is 2.50. The molecule has 0 spiro atoms. The number of nitrogens with one attached hydrogen (secondary N) is 2. The van der Waals surface area contributed by atoms with Gasteiger partial charge in [0, 0.05) is 24.3 Å². The molecule has 0 aromatic heterocycles. The van der Waals surface area contributed by atoms with E-state index >= 15 is 0 Å². The quantitative estimate of drug-likeness (QED) is 0.778. The first kappa shape index (κ1) is 18.3. The lowest BCUT2D eigenvalue weighted by molar-refractivity contribution is -0.115. The van der Waals surface area contributed by atoms with Gasteiger partial charge in [-0.3, -0.25) is 4.79 Å². The molecule has 2 N–H and O–H groups in total. The van der Waals surface area contributed by atoms with Gasteiger partial charge in [0.15, 0.2) is 0 Å². The van der Waals surface area contributed by atoms with Crippen LogP contribution in [0.5, 0.6) is 0 Å². The standard InChI is InChI=1S/C19H22ClFN2O/c1-19(2,3)13-4-6-14(7-5-13)22-11-10-18(24)23-15-8-9-17(21)16(20)12-15/h4-9,12,22H,10-11H2,1-3H3,(H,23,24). The molecule has 0 saturated carbocycles. The Kier molecular flexibility index (Phi) is 5.84. The number of carbonyl (C=O) groups is 1. The molecule has 0 aliphatic rings. The van der Waals surface area contributed by atoms with Crippen molar-refractivity contribution in [3.63, 3.8) is 0 Å². The SMILES string of the molecule is CC(C)(C)c1ccc(NCCC(=O)Nc2ccc(F)c(Cl)c2)cc1. The monoisotopic (exact) mass is 348 g/mol. The highest BCUT2D eigenvalue weighted by molar-refractivity contribution is 6.31. The van der Waals surface area contributed by atoms with E-state index in [1.54, 1.807) is 0 Å². The van der Waals surface area contributed by atoms with Crippen LogP contribution >= 0.6 is 11.6 Å². The first-order valence-electron chi connectivity index (χ1n) is 7.85. The summed E-state index contributed by atoms with van der Waals surface area (Å²) in [6, 6.07) is 12.3. The third kappa shape index (κ3) is 5.24. The molecule has 0 unspecified atom stereocenters. The van der Waals surface area contributed by atoms with Crippen LogP contribution in [0.2, 0.25) is 5.02 Å². The van der Waals surface area contributed by atoms with Crippen molar-refractivity contribution in [2.45, 2.75) is 32.6 Å². The molecule has 2 aromatic carbocycles. The van der Waals surface area contributed by atoms with Crippen LogP contribution in [0.25, 0.3) is 0 Å². The van der Waals surface area contributed by atoms with Gasteiger partial charge in [-0.15, -0.1) is 0 Å². The van der Waals surface area contributed by atoms with Crippen LogP contribution in [-0.2, 0) is 10.2 Å². The van der Waals surface area contributed by atoms with Crippen molar-refractivity contribution in [3.8, 4) is 0 Å². The van der Waals surface area contributed by atoms with E-state index in [9.17, 15) is 9.18 Å². The zero-order valence-corrected chi connectivity index (χ0v) is 14.9. The fourth-order valence-electron chi connectivity index (χ4n) is 2.21. The Hall–Kier alpha value is -2.07. The van der Waals surface area contributed by atoms with Crippen LogP contribution in [0.3, 0.4) is 0 Å². The van der Waals surface area contributed by atoms with Crippen LogP contribution in [0.15, 0.2) is 42.5 Å². The van der Waals surface area contributed by atoms with Crippen LogP contribution in [-0.4, -0.2) is 12.5 Å². The lowest BCUT2D eigenvalue weighted by Crippen LogP contribution is -2.16. The van der Waals surface area contributed by atoms with Gasteiger partial charge in [-0.1, -0.05) is 44.5 Å². The largest absolute Gasteiger partial charge is 0.385 e. The fraction of sp³-hybridized carbons (Fsp3) is 0.316. The predicted molar refractivity (Wildman–Crippen MR) is 98.3 cm³/mol. The van der Waals surface area contributed by atoms with Gasteiger partial charge in [0.1, 0.15) is 5.82 Å². The van der Waals surface area contributed by atoms with Crippen molar-refractivity contribution in [1.82, 2.24) is 0 Å². The molecule has 5 heteroatoms. The molecule has 0 aliphatic heterocycles. The zero-order chi connectivity index (χ0) is 17.7. The summed E-state index contributed by atoms with van der Waals surface area (Å²) in [5, 5.41) is 5.90.